The topological polar surface area (TPSA) is 32.3 Å². The molecule has 2 N–H and O–H groups in total. The smallest absolute Gasteiger partial charge is 0.0701 e. The summed E-state index contributed by atoms with van der Waals surface area (Å²) in [5, 5.41) is 13.3. The van der Waals surface area contributed by atoms with Gasteiger partial charge in [0.15, 0.2) is 0 Å². The molecule has 2 nitrogen and oxygen atoms in total. The molecular weight excluding hydrogens is 246 g/mol. The summed E-state index contributed by atoms with van der Waals surface area (Å²) in [5.74, 6) is 0. The van der Waals surface area contributed by atoms with Gasteiger partial charge in [-0.1, -0.05) is 41.9 Å². The Bertz CT molecular complexity index is 540. The molecule has 0 amide bonds. The molecule has 0 saturated heterocycles. The monoisotopic (exact) mass is 261 g/mol. The molecule has 0 aliphatic rings. The molecule has 0 spiro atoms. The molecule has 0 bridgehead atoms. The van der Waals surface area contributed by atoms with Gasteiger partial charge in [0.05, 0.1) is 6.61 Å². The van der Waals surface area contributed by atoms with E-state index in [0.717, 1.165) is 27.4 Å². The average molecular weight is 262 g/mol. The van der Waals surface area contributed by atoms with Crippen LogP contribution in [0.15, 0.2) is 42.5 Å². The molecule has 2 rings (SSSR count). The molecule has 18 heavy (non-hydrogen) atoms. The van der Waals surface area contributed by atoms with E-state index in [9.17, 15) is 5.11 Å². The number of anilines is 1. The number of aryl methyl sites for hydroxylation is 1. The molecule has 94 valence electrons. The Morgan fingerprint density at radius 1 is 1.17 bits per heavy atom. The van der Waals surface area contributed by atoms with Crippen molar-refractivity contribution in [3.8, 4) is 0 Å². The highest BCUT2D eigenvalue weighted by molar-refractivity contribution is 6.31. The highest BCUT2D eigenvalue weighted by atomic mass is 35.5. The molecule has 0 aromatic heterocycles. The van der Waals surface area contributed by atoms with E-state index < -0.39 is 0 Å². The maximum Gasteiger partial charge on any atom is 0.0701 e. The zero-order valence-corrected chi connectivity index (χ0v) is 11.0. The first-order valence-electron chi connectivity index (χ1n) is 5.88. The number of aliphatic hydroxyl groups is 1. The Morgan fingerprint density at radius 3 is 2.67 bits per heavy atom. The van der Waals surface area contributed by atoms with Gasteiger partial charge in [0, 0.05) is 22.8 Å². The number of hydrogen-bond donors (Lipinski definition) is 2. The van der Waals surface area contributed by atoms with Crippen molar-refractivity contribution < 1.29 is 5.11 Å². The van der Waals surface area contributed by atoms with Gasteiger partial charge in [-0.15, -0.1) is 0 Å². The minimum atomic E-state index is 0.0395. The van der Waals surface area contributed by atoms with Crippen molar-refractivity contribution in [2.24, 2.45) is 0 Å². The molecule has 0 aliphatic carbocycles. The summed E-state index contributed by atoms with van der Waals surface area (Å²) < 4.78 is 0. The van der Waals surface area contributed by atoms with Crippen LogP contribution in [0.25, 0.3) is 0 Å². The van der Waals surface area contributed by atoms with Crippen LogP contribution in [0, 0.1) is 6.92 Å². The first-order chi connectivity index (χ1) is 8.70. The Hall–Kier alpha value is -1.51. The lowest BCUT2D eigenvalue weighted by atomic mass is 10.1. The van der Waals surface area contributed by atoms with Gasteiger partial charge >= 0.3 is 0 Å². The Kier molecular flexibility index (Phi) is 4.24. The Balaban J connectivity index is 2.09. The summed E-state index contributed by atoms with van der Waals surface area (Å²) in [6.45, 7) is 2.72. The maximum absolute atomic E-state index is 9.24. The van der Waals surface area contributed by atoms with Crippen LogP contribution in [-0.2, 0) is 13.2 Å². The van der Waals surface area contributed by atoms with E-state index in [0.29, 0.717) is 6.54 Å². The molecule has 0 heterocycles. The van der Waals surface area contributed by atoms with E-state index in [4.69, 9.17) is 11.6 Å². The number of halogens is 1. The first kappa shape index (κ1) is 12.9. The van der Waals surface area contributed by atoms with Crippen LogP contribution in [0.2, 0.25) is 5.02 Å². The van der Waals surface area contributed by atoms with Gasteiger partial charge < -0.3 is 10.4 Å². The highest BCUT2D eigenvalue weighted by Crippen LogP contribution is 2.19. The van der Waals surface area contributed by atoms with Gasteiger partial charge in [-0.3, -0.25) is 0 Å². The normalized spacial score (nSPS) is 10.4. The van der Waals surface area contributed by atoms with Crippen LogP contribution in [0.1, 0.15) is 16.7 Å². The minimum absolute atomic E-state index is 0.0395. The zero-order chi connectivity index (χ0) is 13.0. The molecule has 0 radical (unpaired) electrons. The molecular formula is C15H16ClNO. The lowest BCUT2D eigenvalue weighted by molar-refractivity contribution is 0.282. The second-order valence-electron chi connectivity index (χ2n) is 4.25. The van der Waals surface area contributed by atoms with Crippen LogP contribution < -0.4 is 5.32 Å². The average Bonchev–Trinajstić information content (AvgIpc) is 2.40. The predicted molar refractivity (Wildman–Crippen MR) is 75.9 cm³/mol. The molecule has 0 atom stereocenters. The third-order valence-corrected chi connectivity index (χ3v) is 3.31. The molecule has 0 aliphatic heterocycles. The molecule has 0 fully saturated rings. The predicted octanol–water partition coefficient (Wildman–Crippen LogP) is 3.75. The number of nitrogens with one attached hydrogen (secondary N) is 1. The van der Waals surface area contributed by atoms with Crippen LogP contribution in [0.5, 0.6) is 0 Å². The van der Waals surface area contributed by atoms with Crippen LogP contribution in [0.4, 0.5) is 5.69 Å². The SMILES string of the molecule is Cc1ccc(CNc2ccccc2CO)cc1Cl. The summed E-state index contributed by atoms with van der Waals surface area (Å²) in [4.78, 5) is 0. The molecule has 0 unspecified atom stereocenters. The van der Waals surface area contributed by atoms with E-state index in [1.165, 1.54) is 0 Å². The lowest BCUT2D eigenvalue weighted by Crippen LogP contribution is -2.02. The van der Waals surface area contributed by atoms with Gasteiger partial charge in [-0.2, -0.15) is 0 Å². The summed E-state index contributed by atoms with van der Waals surface area (Å²) in [5.41, 5.74) is 4.06. The number of benzene rings is 2. The van der Waals surface area contributed by atoms with Crippen molar-refractivity contribution in [2.45, 2.75) is 20.1 Å². The molecule has 2 aromatic rings. The second-order valence-corrected chi connectivity index (χ2v) is 4.66. The van der Waals surface area contributed by atoms with E-state index >= 15 is 0 Å². The van der Waals surface area contributed by atoms with E-state index in [1.807, 2.05) is 43.3 Å². The standard InChI is InChI=1S/C15H16ClNO/c1-11-6-7-12(8-14(11)16)9-17-15-5-3-2-4-13(15)10-18/h2-8,17-18H,9-10H2,1H3. The van der Waals surface area contributed by atoms with E-state index in [-0.39, 0.29) is 6.61 Å². The minimum Gasteiger partial charge on any atom is -0.392 e. The highest BCUT2D eigenvalue weighted by Gasteiger charge is 2.01. The van der Waals surface area contributed by atoms with Gasteiger partial charge in [0.1, 0.15) is 0 Å². The summed E-state index contributed by atoms with van der Waals surface area (Å²) >= 11 is 6.09. The molecule has 3 heteroatoms. The largest absolute Gasteiger partial charge is 0.392 e. The second kappa shape index (κ2) is 5.89. The fourth-order valence-corrected chi connectivity index (χ4v) is 1.98. The quantitative estimate of drug-likeness (QED) is 0.879. The molecule has 0 saturated carbocycles. The third-order valence-electron chi connectivity index (χ3n) is 2.91. The van der Waals surface area contributed by atoms with Crippen LogP contribution >= 0.6 is 11.6 Å². The summed E-state index contributed by atoms with van der Waals surface area (Å²) in [7, 11) is 0. The van der Waals surface area contributed by atoms with Gasteiger partial charge in [0.2, 0.25) is 0 Å². The fourth-order valence-electron chi connectivity index (χ4n) is 1.77. The summed E-state index contributed by atoms with van der Waals surface area (Å²) in [6.07, 6.45) is 0. The van der Waals surface area contributed by atoms with Crippen LogP contribution in [-0.4, -0.2) is 5.11 Å². The molecule has 2 aromatic carbocycles. The third kappa shape index (κ3) is 3.03. The van der Waals surface area contributed by atoms with Crippen molar-refractivity contribution in [2.75, 3.05) is 5.32 Å². The number of rotatable bonds is 4. The maximum atomic E-state index is 9.24. The fraction of sp³-hybridized carbons (Fsp3) is 0.200. The van der Waals surface area contributed by atoms with Crippen molar-refractivity contribution >= 4 is 17.3 Å². The number of hydrogen-bond acceptors (Lipinski definition) is 2. The van der Waals surface area contributed by atoms with Gasteiger partial charge in [-0.05, 0) is 30.2 Å². The van der Waals surface area contributed by atoms with Gasteiger partial charge in [0.25, 0.3) is 0 Å². The van der Waals surface area contributed by atoms with Crippen molar-refractivity contribution in [3.05, 3.63) is 64.2 Å². The summed E-state index contributed by atoms with van der Waals surface area (Å²) in [6, 6.07) is 13.8. The Morgan fingerprint density at radius 2 is 1.94 bits per heavy atom. The van der Waals surface area contributed by atoms with E-state index in [2.05, 4.69) is 11.4 Å². The first-order valence-corrected chi connectivity index (χ1v) is 6.26. The Labute approximate surface area is 112 Å². The van der Waals surface area contributed by atoms with Crippen molar-refractivity contribution in [1.29, 1.82) is 0 Å². The van der Waals surface area contributed by atoms with Gasteiger partial charge in [-0.25, -0.2) is 0 Å². The number of aliphatic hydroxyl groups excluding tert-OH is 1. The zero-order valence-electron chi connectivity index (χ0n) is 10.3. The lowest BCUT2D eigenvalue weighted by Gasteiger charge is -2.11. The van der Waals surface area contributed by atoms with Crippen LogP contribution in [0.3, 0.4) is 0 Å². The van der Waals surface area contributed by atoms with Crippen molar-refractivity contribution in [1.82, 2.24) is 0 Å². The van der Waals surface area contributed by atoms with E-state index in [1.54, 1.807) is 0 Å². The van der Waals surface area contributed by atoms with Crippen molar-refractivity contribution in [3.63, 3.8) is 0 Å². The number of para-hydroxylation sites is 1.